The second-order valence-electron chi connectivity index (χ2n) is 4.62. The van der Waals surface area contributed by atoms with Gasteiger partial charge in [-0.1, -0.05) is 23.4 Å². The molecule has 3 rings (SSSR count). The topological polar surface area (TPSA) is 68.3 Å². The number of fused-ring (bicyclic) bond motifs is 1. The molecule has 5 nitrogen and oxygen atoms in total. The van der Waals surface area contributed by atoms with Gasteiger partial charge in [-0.3, -0.25) is 4.79 Å². The van der Waals surface area contributed by atoms with Gasteiger partial charge >= 0.3 is 0 Å². The molecule has 0 aliphatic carbocycles. The highest BCUT2D eigenvalue weighted by molar-refractivity contribution is 7.97. The number of nitrogens with zero attached hydrogens (tertiary/aromatic N) is 1. The molecule has 0 radical (unpaired) electrons. The zero-order valence-electron chi connectivity index (χ0n) is 11.7. The van der Waals surface area contributed by atoms with Crippen molar-refractivity contribution >= 4 is 34.5 Å². The van der Waals surface area contributed by atoms with Gasteiger partial charge < -0.3 is 14.3 Å². The third kappa shape index (κ3) is 2.67. The van der Waals surface area contributed by atoms with Crippen molar-refractivity contribution in [1.29, 1.82) is 0 Å². The van der Waals surface area contributed by atoms with Gasteiger partial charge in [0.1, 0.15) is 11.3 Å². The Bertz CT molecular complexity index is 791. The number of anilines is 1. The van der Waals surface area contributed by atoms with Crippen molar-refractivity contribution in [3.8, 4) is 0 Å². The van der Waals surface area contributed by atoms with Gasteiger partial charge in [-0.25, -0.2) is 0 Å². The predicted octanol–water partition coefficient (Wildman–Crippen LogP) is 3.84. The summed E-state index contributed by atoms with van der Waals surface area (Å²) >= 11 is 1.64. The number of carbonyl (C=O) groups is 1. The summed E-state index contributed by atoms with van der Waals surface area (Å²) in [5.41, 5.74) is 1.61. The fourth-order valence-electron chi connectivity index (χ4n) is 2.17. The minimum absolute atomic E-state index is 0.316. The summed E-state index contributed by atoms with van der Waals surface area (Å²) < 4.78 is 10.6. The van der Waals surface area contributed by atoms with Crippen molar-refractivity contribution in [1.82, 2.24) is 5.16 Å². The molecule has 0 fully saturated rings. The fraction of sp³-hybridized carbons (Fsp3) is 0.200. The van der Waals surface area contributed by atoms with Crippen LogP contribution >= 0.6 is 11.8 Å². The van der Waals surface area contributed by atoms with Gasteiger partial charge in [-0.15, -0.1) is 0 Å². The van der Waals surface area contributed by atoms with E-state index in [1.807, 2.05) is 30.5 Å². The molecule has 0 spiro atoms. The lowest BCUT2D eigenvalue weighted by molar-refractivity contribution is 0.0997. The first-order chi connectivity index (χ1) is 10.2. The third-order valence-electron chi connectivity index (χ3n) is 3.06. The molecule has 0 saturated heterocycles. The smallest absolute Gasteiger partial charge is 0.292 e. The summed E-state index contributed by atoms with van der Waals surface area (Å²) in [7, 11) is 0. The van der Waals surface area contributed by atoms with E-state index in [9.17, 15) is 4.79 Å². The lowest BCUT2D eigenvalue weighted by Crippen LogP contribution is -2.12. The normalized spacial score (nSPS) is 11.0. The summed E-state index contributed by atoms with van der Waals surface area (Å²) in [6.45, 7) is 1.77. The average molecular weight is 302 g/mol. The SMILES string of the molecule is CSCc1c(C(=O)Nc2cc(C)on2)oc2ccccc12. The Morgan fingerprint density at radius 1 is 1.38 bits per heavy atom. The number of benzene rings is 1. The van der Waals surface area contributed by atoms with Crippen molar-refractivity contribution in [2.45, 2.75) is 12.7 Å². The van der Waals surface area contributed by atoms with Gasteiger partial charge in [0.05, 0.1) is 0 Å². The minimum atomic E-state index is -0.316. The largest absolute Gasteiger partial charge is 0.451 e. The first kappa shape index (κ1) is 13.8. The highest BCUT2D eigenvalue weighted by Crippen LogP contribution is 2.29. The molecular weight excluding hydrogens is 288 g/mol. The molecule has 21 heavy (non-hydrogen) atoms. The third-order valence-corrected chi connectivity index (χ3v) is 3.64. The zero-order valence-corrected chi connectivity index (χ0v) is 12.5. The second kappa shape index (κ2) is 5.65. The van der Waals surface area contributed by atoms with Crippen LogP contribution < -0.4 is 5.32 Å². The fourth-order valence-corrected chi connectivity index (χ4v) is 2.74. The summed E-state index contributed by atoms with van der Waals surface area (Å²) in [5, 5.41) is 7.42. The standard InChI is InChI=1S/C15H14N2O3S/c1-9-7-13(17-20-9)16-15(18)14-11(8-21-2)10-5-3-4-6-12(10)19-14/h3-7H,8H2,1-2H3,(H,16,17,18). The van der Waals surface area contributed by atoms with Crippen LogP contribution in [0.15, 0.2) is 39.3 Å². The average Bonchev–Trinajstić information content (AvgIpc) is 3.04. The van der Waals surface area contributed by atoms with Gasteiger partial charge in [-0.05, 0) is 19.2 Å². The number of rotatable bonds is 4. The van der Waals surface area contributed by atoms with Gasteiger partial charge in [0.2, 0.25) is 0 Å². The lowest BCUT2D eigenvalue weighted by atomic mass is 10.1. The number of nitrogens with one attached hydrogen (secondary N) is 1. The molecule has 2 aromatic heterocycles. The Kier molecular flexibility index (Phi) is 3.70. The van der Waals surface area contributed by atoms with Crippen LogP contribution in [-0.4, -0.2) is 17.3 Å². The maximum absolute atomic E-state index is 12.4. The minimum Gasteiger partial charge on any atom is -0.451 e. The van der Waals surface area contributed by atoms with Crippen molar-refractivity contribution in [3.05, 3.63) is 47.4 Å². The quantitative estimate of drug-likeness (QED) is 0.793. The molecule has 2 heterocycles. The van der Waals surface area contributed by atoms with Crippen LogP contribution in [-0.2, 0) is 5.75 Å². The monoisotopic (exact) mass is 302 g/mol. The number of para-hydroxylation sites is 1. The van der Waals surface area contributed by atoms with Crippen molar-refractivity contribution in [2.24, 2.45) is 0 Å². The van der Waals surface area contributed by atoms with Crippen LogP contribution in [0.3, 0.4) is 0 Å². The Labute approximate surface area is 125 Å². The van der Waals surface area contributed by atoms with E-state index in [-0.39, 0.29) is 5.91 Å². The number of hydrogen-bond acceptors (Lipinski definition) is 5. The molecule has 1 N–H and O–H groups in total. The Morgan fingerprint density at radius 3 is 2.90 bits per heavy atom. The maximum Gasteiger partial charge on any atom is 0.292 e. The molecule has 0 atom stereocenters. The number of amides is 1. The molecule has 1 aromatic carbocycles. The number of thioether (sulfide) groups is 1. The molecule has 108 valence electrons. The van der Waals surface area contributed by atoms with Gasteiger partial charge in [0, 0.05) is 22.8 Å². The number of aromatic nitrogens is 1. The summed E-state index contributed by atoms with van der Waals surface area (Å²) in [5.74, 6) is 1.74. The van der Waals surface area contributed by atoms with E-state index >= 15 is 0 Å². The number of carbonyl (C=O) groups excluding carboxylic acids is 1. The van der Waals surface area contributed by atoms with Crippen molar-refractivity contribution in [2.75, 3.05) is 11.6 Å². The van der Waals surface area contributed by atoms with Gasteiger partial charge in [0.15, 0.2) is 11.6 Å². The molecule has 6 heteroatoms. The van der Waals surface area contributed by atoms with E-state index in [0.29, 0.717) is 28.7 Å². The lowest BCUT2D eigenvalue weighted by Gasteiger charge is -2.01. The predicted molar refractivity (Wildman–Crippen MR) is 82.6 cm³/mol. The number of aryl methyl sites for hydroxylation is 1. The van der Waals surface area contributed by atoms with E-state index < -0.39 is 0 Å². The summed E-state index contributed by atoms with van der Waals surface area (Å²) in [6.07, 6.45) is 1.99. The van der Waals surface area contributed by atoms with Crippen LogP contribution in [0.1, 0.15) is 21.9 Å². The van der Waals surface area contributed by atoms with E-state index in [4.69, 9.17) is 8.94 Å². The molecule has 0 unspecified atom stereocenters. The highest BCUT2D eigenvalue weighted by Gasteiger charge is 2.20. The highest BCUT2D eigenvalue weighted by atomic mass is 32.2. The number of hydrogen-bond donors (Lipinski definition) is 1. The van der Waals surface area contributed by atoms with Gasteiger partial charge in [-0.2, -0.15) is 11.8 Å². The van der Waals surface area contributed by atoms with E-state index in [1.165, 1.54) is 0 Å². The van der Waals surface area contributed by atoms with Gasteiger partial charge in [0.25, 0.3) is 5.91 Å². The van der Waals surface area contributed by atoms with E-state index in [0.717, 1.165) is 10.9 Å². The Balaban J connectivity index is 1.98. The second-order valence-corrected chi connectivity index (χ2v) is 5.48. The Morgan fingerprint density at radius 2 is 2.19 bits per heavy atom. The molecule has 0 bridgehead atoms. The first-order valence-electron chi connectivity index (χ1n) is 6.43. The number of furan rings is 1. The molecule has 0 aliphatic rings. The van der Waals surface area contributed by atoms with E-state index in [2.05, 4.69) is 10.5 Å². The van der Waals surface area contributed by atoms with E-state index in [1.54, 1.807) is 24.8 Å². The molecule has 0 aliphatic heterocycles. The summed E-state index contributed by atoms with van der Waals surface area (Å²) in [4.78, 5) is 12.4. The van der Waals surface area contributed by atoms with Crippen molar-refractivity contribution < 1.29 is 13.7 Å². The first-order valence-corrected chi connectivity index (χ1v) is 7.82. The van der Waals surface area contributed by atoms with Crippen LogP contribution in [0.2, 0.25) is 0 Å². The molecule has 0 saturated carbocycles. The molecular formula is C15H14N2O3S. The molecule has 3 aromatic rings. The summed E-state index contributed by atoms with van der Waals surface area (Å²) in [6, 6.07) is 9.30. The molecule has 1 amide bonds. The van der Waals surface area contributed by atoms with Crippen molar-refractivity contribution in [3.63, 3.8) is 0 Å². The van der Waals surface area contributed by atoms with Crippen LogP contribution in [0, 0.1) is 6.92 Å². The zero-order chi connectivity index (χ0) is 14.8. The van der Waals surface area contributed by atoms with Crippen LogP contribution in [0.25, 0.3) is 11.0 Å². The Hall–Kier alpha value is -2.21. The van der Waals surface area contributed by atoms with Crippen LogP contribution in [0.4, 0.5) is 5.82 Å². The van der Waals surface area contributed by atoms with Crippen LogP contribution in [0.5, 0.6) is 0 Å². The maximum atomic E-state index is 12.4.